The number of nitrogens with one attached hydrogen (secondary N) is 1. The quantitative estimate of drug-likeness (QED) is 0.581. The minimum Gasteiger partial charge on any atom is -0.464 e. The lowest BCUT2D eigenvalue weighted by Crippen LogP contribution is -2.28. The first-order chi connectivity index (χ1) is 9.86. The zero-order valence-electron chi connectivity index (χ0n) is 11.2. The van der Waals surface area contributed by atoms with Crippen molar-refractivity contribution < 1.29 is 23.1 Å². The Morgan fingerprint density at radius 2 is 1.95 bits per heavy atom. The minimum atomic E-state index is -3.66. The second-order valence-corrected chi connectivity index (χ2v) is 5.46. The van der Waals surface area contributed by atoms with Gasteiger partial charge in [0.1, 0.15) is 0 Å². The predicted molar refractivity (Wildman–Crippen MR) is 82.5 cm³/mol. The predicted octanol–water partition coefficient (Wildman–Crippen LogP) is 2.93. The molecule has 0 aliphatic heterocycles. The second kappa shape index (κ2) is 8.06. The van der Waals surface area contributed by atoms with Crippen molar-refractivity contribution in [3.05, 3.63) is 45.6 Å². The largest absolute Gasteiger partial charge is 0.464 e. The summed E-state index contributed by atoms with van der Waals surface area (Å²) in [5.74, 6) is -5.54. The molecule has 1 aromatic rings. The monoisotopic (exact) mass is 409 g/mol. The van der Waals surface area contributed by atoms with Crippen LogP contribution in [0.1, 0.15) is 16.8 Å². The number of benzene rings is 1. The molecule has 0 heterocycles. The number of carbonyl (C=O) groups excluding carboxylic acids is 2. The number of carbonyl (C=O) groups is 2. The van der Waals surface area contributed by atoms with Crippen LogP contribution in [0.15, 0.2) is 40.0 Å². The van der Waals surface area contributed by atoms with Crippen LogP contribution in [-0.4, -0.2) is 31.5 Å². The lowest BCUT2D eigenvalue weighted by Gasteiger charge is -2.10. The van der Waals surface area contributed by atoms with Crippen LogP contribution in [0.5, 0.6) is 0 Å². The summed E-state index contributed by atoms with van der Waals surface area (Å²) in [6, 6.07) is 8.56. The van der Waals surface area contributed by atoms with Crippen molar-refractivity contribution in [3.63, 3.8) is 0 Å². The van der Waals surface area contributed by atoms with E-state index in [9.17, 15) is 18.4 Å². The van der Waals surface area contributed by atoms with Crippen molar-refractivity contribution in [1.29, 1.82) is 0 Å². The molecule has 0 saturated heterocycles. The average molecular weight is 409 g/mol. The van der Waals surface area contributed by atoms with Gasteiger partial charge in [0.25, 0.3) is 5.91 Å². The zero-order chi connectivity index (χ0) is 15.9. The van der Waals surface area contributed by atoms with E-state index in [1.807, 2.05) is 0 Å². The minimum absolute atomic E-state index is 0.194. The van der Waals surface area contributed by atoms with Gasteiger partial charge in [-0.1, -0.05) is 18.2 Å². The van der Waals surface area contributed by atoms with Crippen molar-refractivity contribution in [3.8, 4) is 0 Å². The van der Waals surface area contributed by atoms with E-state index < -0.39 is 11.9 Å². The Kier molecular flexibility index (Phi) is 6.73. The van der Waals surface area contributed by atoms with E-state index in [-0.39, 0.29) is 22.5 Å². The van der Waals surface area contributed by atoms with Gasteiger partial charge in [-0.15, -0.1) is 0 Å². The van der Waals surface area contributed by atoms with Crippen LogP contribution >= 0.6 is 22.6 Å². The molecule has 0 aliphatic carbocycles. The van der Waals surface area contributed by atoms with Crippen molar-refractivity contribution in [2.45, 2.75) is 12.3 Å². The van der Waals surface area contributed by atoms with Gasteiger partial charge in [0.15, 0.2) is 0 Å². The van der Waals surface area contributed by atoms with E-state index in [4.69, 9.17) is 0 Å². The summed E-state index contributed by atoms with van der Waals surface area (Å²) in [6.07, 6.45) is 0.736. The van der Waals surface area contributed by atoms with Gasteiger partial charge in [0.05, 0.1) is 7.11 Å². The van der Waals surface area contributed by atoms with E-state index in [2.05, 4.69) is 10.1 Å². The highest BCUT2D eigenvalue weighted by molar-refractivity contribution is 14.1. The number of amides is 1. The molecule has 21 heavy (non-hydrogen) atoms. The fraction of sp³-hybridized carbons (Fsp3) is 0.286. The number of alkyl halides is 2. The SMILES string of the molecule is COC(=O)C(F)(F)C=C(I)CCNC(=O)c1ccccc1. The van der Waals surface area contributed by atoms with Crippen LogP contribution in [0, 0.1) is 0 Å². The maximum absolute atomic E-state index is 13.3. The second-order valence-electron chi connectivity index (χ2n) is 4.08. The molecule has 0 unspecified atom stereocenters. The Hall–Kier alpha value is -1.51. The zero-order valence-corrected chi connectivity index (χ0v) is 13.4. The highest BCUT2D eigenvalue weighted by Crippen LogP contribution is 2.23. The molecular formula is C14H14F2INO3. The van der Waals surface area contributed by atoms with Crippen LogP contribution in [0.3, 0.4) is 0 Å². The van der Waals surface area contributed by atoms with Gasteiger partial charge in [-0.25, -0.2) is 4.79 Å². The van der Waals surface area contributed by atoms with Gasteiger partial charge in [-0.05, 0) is 44.7 Å². The summed E-state index contributed by atoms with van der Waals surface area (Å²) in [5, 5.41) is 2.61. The first-order valence-corrected chi connectivity index (χ1v) is 7.11. The van der Waals surface area contributed by atoms with E-state index in [0.717, 1.165) is 7.11 Å². The summed E-state index contributed by atoms with van der Waals surface area (Å²) >= 11 is 1.70. The van der Waals surface area contributed by atoms with Crippen LogP contribution < -0.4 is 5.32 Å². The highest BCUT2D eigenvalue weighted by Gasteiger charge is 2.37. The van der Waals surface area contributed by atoms with Crippen molar-refractivity contribution in [1.82, 2.24) is 5.32 Å². The molecule has 0 radical (unpaired) electrons. The molecule has 0 bridgehead atoms. The van der Waals surface area contributed by atoms with Crippen molar-refractivity contribution in [2.75, 3.05) is 13.7 Å². The number of esters is 1. The lowest BCUT2D eigenvalue weighted by molar-refractivity contribution is -0.161. The van der Waals surface area contributed by atoms with Gasteiger partial charge in [-0.2, -0.15) is 8.78 Å². The number of hydrogen-bond acceptors (Lipinski definition) is 3. The summed E-state index contributed by atoms with van der Waals surface area (Å²) in [6.45, 7) is 0.194. The number of methoxy groups -OCH3 is 1. The summed E-state index contributed by atoms with van der Waals surface area (Å²) in [7, 11) is 0.900. The molecular weight excluding hydrogens is 395 g/mol. The molecule has 1 N–H and O–H groups in total. The van der Waals surface area contributed by atoms with Gasteiger partial charge in [0, 0.05) is 18.2 Å². The molecule has 7 heteroatoms. The Morgan fingerprint density at radius 1 is 1.33 bits per heavy atom. The topological polar surface area (TPSA) is 55.4 Å². The smallest absolute Gasteiger partial charge is 0.381 e. The average Bonchev–Trinajstić information content (AvgIpc) is 2.46. The maximum Gasteiger partial charge on any atom is 0.381 e. The standard InChI is InChI=1S/C14H14F2INO3/c1-21-13(20)14(15,16)9-11(17)7-8-18-12(19)10-5-3-2-4-6-10/h2-6,9H,7-8H2,1H3,(H,18,19). The Morgan fingerprint density at radius 3 is 2.52 bits per heavy atom. The normalized spacial score (nSPS) is 11.9. The molecule has 0 atom stereocenters. The highest BCUT2D eigenvalue weighted by atomic mass is 127. The molecule has 0 fully saturated rings. The van der Waals surface area contributed by atoms with Gasteiger partial charge >= 0.3 is 11.9 Å². The molecule has 114 valence electrons. The Balaban J connectivity index is 2.49. The molecule has 0 saturated carbocycles. The van der Waals surface area contributed by atoms with Gasteiger partial charge in [0.2, 0.25) is 0 Å². The summed E-state index contributed by atoms with van der Waals surface area (Å²) in [4.78, 5) is 22.6. The van der Waals surface area contributed by atoms with Crippen molar-refractivity contribution >= 4 is 34.5 Å². The Labute approximate surface area is 134 Å². The summed E-state index contributed by atoms with van der Waals surface area (Å²) < 4.78 is 30.8. The van der Waals surface area contributed by atoms with Crippen LogP contribution in [0.25, 0.3) is 0 Å². The molecule has 1 aromatic carbocycles. The third-order valence-electron chi connectivity index (χ3n) is 2.48. The third kappa shape index (κ3) is 5.78. The van der Waals surface area contributed by atoms with E-state index in [1.165, 1.54) is 0 Å². The number of ether oxygens (including phenoxy) is 1. The number of hydrogen-bond donors (Lipinski definition) is 1. The van der Waals surface area contributed by atoms with Crippen LogP contribution in [0.4, 0.5) is 8.78 Å². The van der Waals surface area contributed by atoms with Crippen LogP contribution in [-0.2, 0) is 9.53 Å². The number of rotatable bonds is 6. The van der Waals surface area contributed by atoms with E-state index in [1.54, 1.807) is 52.9 Å². The summed E-state index contributed by atoms with van der Waals surface area (Å²) in [5.41, 5.74) is 0.497. The fourth-order valence-electron chi connectivity index (χ4n) is 1.45. The van der Waals surface area contributed by atoms with Gasteiger partial charge < -0.3 is 10.1 Å². The first-order valence-electron chi connectivity index (χ1n) is 6.03. The first kappa shape index (κ1) is 17.5. The molecule has 0 aromatic heterocycles. The lowest BCUT2D eigenvalue weighted by atomic mass is 10.2. The number of halogens is 3. The van der Waals surface area contributed by atoms with Gasteiger partial charge in [-0.3, -0.25) is 4.79 Å². The molecule has 0 aliphatic rings. The van der Waals surface area contributed by atoms with Crippen molar-refractivity contribution in [2.24, 2.45) is 0 Å². The van der Waals surface area contributed by atoms with E-state index >= 15 is 0 Å². The molecule has 1 amide bonds. The molecule has 1 rings (SSSR count). The fourth-order valence-corrected chi connectivity index (χ4v) is 2.11. The molecule has 4 nitrogen and oxygen atoms in total. The van der Waals surface area contributed by atoms with Crippen LogP contribution in [0.2, 0.25) is 0 Å². The van der Waals surface area contributed by atoms with E-state index in [0.29, 0.717) is 11.6 Å². The molecule has 0 spiro atoms. The third-order valence-corrected chi connectivity index (χ3v) is 3.33. The maximum atomic E-state index is 13.3. The Bertz CT molecular complexity index is 532.